The first-order chi connectivity index (χ1) is 16.2. The Hall–Kier alpha value is -2.53. The molecule has 184 valence electrons. The van der Waals surface area contributed by atoms with Crippen LogP contribution < -0.4 is 0 Å². The van der Waals surface area contributed by atoms with E-state index in [0.717, 1.165) is 37.0 Å². The molecule has 0 saturated carbocycles. The van der Waals surface area contributed by atoms with Gasteiger partial charge in [0.2, 0.25) is 0 Å². The smallest absolute Gasteiger partial charge is 0.327 e. The van der Waals surface area contributed by atoms with Gasteiger partial charge in [-0.05, 0) is 71.8 Å². The number of rotatable bonds is 12. The van der Waals surface area contributed by atoms with Crippen LogP contribution in [0, 0.1) is 0 Å². The lowest BCUT2D eigenvalue weighted by Crippen LogP contribution is -2.43. The lowest BCUT2D eigenvalue weighted by atomic mass is 10.0. The lowest BCUT2D eigenvalue weighted by Gasteiger charge is -2.26. The zero-order chi connectivity index (χ0) is 25.1. The zero-order valence-electron chi connectivity index (χ0n) is 21.1. The minimum Gasteiger partial charge on any atom is -0.480 e. The summed E-state index contributed by atoms with van der Waals surface area (Å²) in [5.41, 5.74) is 6.16. The molecule has 0 aromatic heterocycles. The second-order valence-electron chi connectivity index (χ2n) is 9.19. The Labute approximate surface area is 209 Å². The molecule has 0 fully saturated rings. The molecule has 0 radical (unpaired) electrons. The Morgan fingerprint density at radius 3 is 2.24 bits per heavy atom. The van der Waals surface area contributed by atoms with Crippen molar-refractivity contribution in [3.8, 4) is 0 Å². The second kappa shape index (κ2) is 14.0. The number of allylic oxidation sites excluding steroid dienone is 10. The van der Waals surface area contributed by atoms with E-state index < -0.39 is 12.0 Å². The van der Waals surface area contributed by atoms with Crippen LogP contribution in [0.2, 0.25) is 0 Å². The largest absolute Gasteiger partial charge is 0.480 e. The first-order valence-electron chi connectivity index (χ1n) is 12.0. The highest BCUT2D eigenvalue weighted by molar-refractivity contribution is 7.99. The van der Waals surface area contributed by atoms with Crippen molar-refractivity contribution in [3.63, 3.8) is 0 Å². The van der Waals surface area contributed by atoms with E-state index >= 15 is 0 Å². The van der Waals surface area contributed by atoms with Crippen LogP contribution in [0.4, 0.5) is 0 Å². The van der Waals surface area contributed by atoms with Gasteiger partial charge < -0.3 is 5.11 Å². The van der Waals surface area contributed by atoms with Crippen LogP contribution in [0.3, 0.4) is 0 Å². The maximum atomic E-state index is 13.0. The second-order valence-corrected chi connectivity index (χ2v) is 10.3. The van der Waals surface area contributed by atoms with Gasteiger partial charge in [0.1, 0.15) is 6.04 Å². The van der Waals surface area contributed by atoms with E-state index in [9.17, 15) is 14.7 Å². The summed E-state index contributed by atoms with van der Waals surface area (Å²) in [5.74, 6) is -0.143. The van der Waals surface area contributed by atoms with Gasteiger partial charge in [-0.3, -0.25) is 9.69 Å². The topological polar surface area (TPSA) is 57.6 Å². The van der Waals surface area contributed by atoms with Crippen molar-refractivity contribution in [1.82, 2.24) is 4.90 Å². The molecule has 0 spiro atoms. The van der Waals surface area contributed by atoms with Gasteiger partial charge in [-0.2, -0.15) is 11.8 Å². The number of hydrogen-bond acceptors (Lipinski definition) is 3. The summed E-state index contributed by atoms with van der Waals surface area (Å²) in [6.45, 7) is 12.6. The highest BCUT2D eigenvalue weighted by atomic mass is 32.2. The number of thioether (sulfide) groups is 1. The van der Waals surface area contributed by atoms with Gasteiger partial charge in [-0.1, -0.05) is 65.8 Å². The van der Waals surface area contributed by atoms with Crippen LogP contribution in [-0.4, -0.2) is 39.4 Å². The fourth-order valence-corrected chi connectivity index (χ4v) is 5.06. The van der Waals surface area contributed by atoms with Crippen molar-refractivity contribution in [2.45, 2.75) is 72.3 Å². The van der Waals surface area contributed by atoms with E-state index in [1.165, 1.54) is 21.6 Å². The van der Waals surface area contributed by atoms with Crippen molar-refractivity contribution in [1.29, 1.82) is 0 Å². The quantitative estimate of drug-likeness (QED) is 0.237. The van der Waals surface area contributed by atoms with Gasteiger partial charge in [-0.25, -0.2) is 4.79 Å². The van der Waals surface area contributed by atoms with Crippen LogP contribution in [0.15, 0.2) is 82.7 Å². The number of carbonyl (C=O) groups is 2. The lowest BCUT2D eigenvalue weighted by molar-refractivity contribution is -0.145. The molecular formula is C29H39NO3S. The predicted molar refractivity (Wildman–Crippen MR) is 145 cm³/mol. The van der Waals surface area contributed by atoms with Crippen molar-refractivity contribution in [2.24, 2.45) is 0 Å². The molecule has 2 rings (SSSR count). The van der Waals surface area contributed by atoms with Crippen molar-refractivity contribution < 1.29 is 14.7 Å². The Balaban J connectivity index is 1.86. The van der Waals surface area contributed by atoms with E-state index in [1.807, 2.05) is 24.3 Å². The van der Waals surface area contributed by atoms with Crippen LogP contribution in [-0.2, 0) is 9.59 Å². The van der Waals surface area contributed by atoms with Crippen molar-refractivity contribution in [2.75, 3.05) is 11.5 Å². The summed E-state index contributed by atoms with van der Waals surface area (Å²) < 4.78 is 0. The third-order valence-corrected chi connectivity index (χ3v) is 7.01. The summed E-state index contributed by atoms with van der Waals surface area (Å²) in [5, 5.41) is 9.86. The molecule has 1 atom stereocenters. The molecule has 0 aromatic carbocycles. The molecule has 0 aromatic rings. The number of amides is 1. The van der Waals surface area contributed by atoms with Gasteiger partial charge in [0.25, 0.3) is 5.91 Å². The number of carbonyl (C=O) groups excluding carboxylic acids is 1. The maximum Gasteiger partial charge on any atom is 0.327 e. The molecule has 1 aliphatic heterocycles. The normalized spacial score (nSPS) is 18.5. The highest BCUT2D eigenvalue weighted by Gasteiger charge is 2.40. The molecular weight excluding hydrogens is 442 g/mol. The van der Waals surface area contributed by atoms with E-state index in [0.29, 0.717) is 29.9 Å². The van der Waals surface area contributed by atoms with E-state index in [-0.39, 0.29) is 5.91 Å². The molecule has 2 aliphatic rings. The number of carboxylic acids is 1. The number of carboxylic acid groups (broad SMARTS) is 1. The predicted octanol–water partition coefficient (Wildman–Crippen LogP) is 7.15. The minimum atomic E-state index is -0.988. The van der Waals surface area contributed by atoms with E-state index in [4.69, 9.17) is 0 Å². The van der Waals surface area contributed by atoms with E-state index in [2.05, 4.69) is 52.5 Å². The summed E-state index contributed by atoms with van der Waals surface area (Å²) in [4.78, 5) is 26.5. The first kappa shape index (κ1) is 27.7. The molecule has 1 aliphatic carbocycles. The molecule has 4 nitrogen and oxygen atoms in total. The molecule has 1 unspecified atom stereocenters. The third-order valence-electron chi connectivity index (χ3n) is 6.05. The third kappa shape index (κ3) is 8.35. The number of aliphatic carboxylic acids is 1. The zero-order valence-corrected chi connectivity index (χ0v) is 21.9. The van der Waals surface area contributed by atoms with Crippen LogP contribution >= 0.6 is 11.8 Å². The first-order valence-corrected chi connectivity index (χ1v) is 13.2. The molecule has 1 N–H and O–H groups in total. The van der Waals surface area contributed by atoms with Gasteiger partial charge in [0, 0.05) is 22.8 Å². The Morgan fingerprint density at radius 1 is 1.03 bits per heavy atom. The average Bonchev–Trinajstić information content (AvgIpc) is 2.95. The number of hydrogen-bond donors (Lipinski definition) is 1. The maximum absolute atomic E-state index is 13.0. The minimum absolute atomic E-state index is 0.216. The van der Waals surface area contributed by atoms with Crippen molar-refractivity contribution in [3.05, 3.63) is 82.7 Å². The van der Waals surface area contributed by atoms with Gasteiger partial charge in [-0.15, -0.1) is 0 Å². The molecule has 34 heavy (non-hydrogen) atoms. The summed E-state index contributed by atoms with van der Waals surface area (Å²) in [6, 6.07) is -0.911. The molecule has 1 heterocycles. The van der Waals surface area contributed by atoms with Gasteiger partial charge in [0.15, 0.2) is 0 Å². The highest BCUT2D eigenvalue weighted by Crippen LogP contribution is 2.36. The Kier molecular flexibility index (Phi) is 11.4. The van der Waals surface area contributed by atoms with Crippen molar-refractivity contribution >= 4 is 23.6 Å². The molecule has 5 heteroatoms. The van der Waals surface area contributed by atoms with Crippen LogP contribution in [0.25, 0.3) is 0 Å². The monoisotopic (exact) mass is 481 g/mol. The summed E-state index contributed by atoms with van der Waals surface area (Å²) in [6.07, 6.45) is 19.9. The Bertz CT molecular complexity index is 922. The summed E-state index contributed by atoms with van der Waals surface area (Å²) in [7, 11) is 0. The van der Waals surface area contributed by atoms with Gasteiger partial charge >= 0.3 is 5.97 Å². The van der Waals surface area contributed by atoms with Crippen LogP contribution in [0.5, 0.6) is 0 Å². The Morgan fingerprint density at radius 2 is 1.62 bits per heavy atom. The average molecular weight is 482 g/mol. The van der Waals surface area contributed by atoms with Crippen LogP contribution in [0.1, 0.15) is 66.2 Å². The SMILES string of the molecule is C=C1C2=C(C/C=C\C=CC2)C(=O)N1C(CSC/C=C(\C)CC/C=C(\C)CCC=C(C)C)C(=O)O. The summed E-state index contributed by atoms with van der Waals surface area (Å²) >= 11 is 1.54. The van der Waals surface area contributed by atoms with Gasteiger partial charge in [0.05, 0.1) is 0 Å². The molecule has 0 bridgehead atoms. The fourth-order valence-electron chi connectivity index (χ4n) is 4.00. The molecule has 1 amide bonds. The number of nitrogens with zero attached hydrogens (tertiary/aromatic N) is 1. The molecule has 0 saturated heterocycles. The van der Waals surface area contributed by atoms with E-state index in [1.54, 1.807) is 11.8 Å². The fraction of sp³-hybridized carbons (Fsp3) is 0.448. The standard InChI is InChI=1S/C29H39NO3S/c1-21(2)12-10-13-22(3)14-11-15-23(4)18-19-34-20-27(29(32)33)30-24(5)25-16-8-6-7-9-17-26(25)28(30)31/h6-9,12,14,18,27H,5,10-11,13,15-17,19-20H2,1-4H3,(H,32,33)/b8-6?,9-7-,22-14+,23-18+.